The molecule has 1 saturated heterocycles. The zero-order chi connectivity index (χ0) is 13.1. The van der Waals surface area contributed by atoms with Crippen molar-refractivity contribution in [2.75, 3.05) is 27.2 Å². The Hall–Kier alpha value is -0.610. The van der Waals surface area contributed by atoms with E-state index in [1.807, 2.05) is 25.9 Å². The number of carbonyl (C=O) groups excluding carboxylic acids is 1. The van der Waals surface area contributed by atoms with Crippen LogP contribution in [0.3, 0.4) is 0 Å². The van der Waals surface area contributed by atoms with Crippen LogP contribution in [-0.2, 0) is 4.79 Å². The number of nitrogens with one attached hydrogen (secondary N) is 1. The molecule has 100 valence electrons. The number of hydrogen-bond donors (Lipinski definition) is 1. The third-order valence-electron chi connectivity index (χ3n) is 3.65. The van der Waals surface area contributed by atoms with E-state index in [1.165, 1.54) is 0 Å². The second-order valence-corrected chi connectivity index (χ2v) is 5.44. The van der Waals surface area contributed by atoms with Gasteiger partial charge in [0.25, 0.3) is 0 Å². The highest BCUT2D eigenvalue weighted by molar-refractivity contribution is 5.88. The third kappa shape index (κ3) is 3.19. The summed E-state index contributed by atoms with van der Waals surface area (Å²) in [6.07, 6.45) is 3.21. The van der Waals surface area contributed by atoms with Gasteiger partial charge in [-0.15, -0.1) is 0 Å². The van der Waals surface area contributed by atoms with Gasteiger partial charge in [0, 0.05) is 13.1 Å². The molecule has 1 amide bonds. The summed E-state index contributed by atoms with van der Waals surface area (Å²) >= 11 is 0. The smallest absolute Gasteiger partial charge is 0.243 e. The number of nitrogens with zero attached hydrogens (tertiary/aromatic N) is 2. The molecule has 1 aliphatic heterocycles. The molecule has 2 unspecified atom stereocenters. The van der Waals surface area contributed by atoms with Crippen LogP contribution in [0.1, 0.15) is 40.0 Å². The first-order valence-corrected chi connectivity index (χ1v) is 6.68. The minimum Gasteiger partial charge on any atom is -0.324 e. The van der Waals surface area contributed by atoms with Crippen LogP contribution in [0.15, 0.2) is 0 Å². The van der Waals surface area contributed by atoms with Crippen LogP contribution in [0.4, 0.5) is 0 Å². The molecule has 0 spiro atoms. The lowest BCUT2D eigenvalue weighted by atomic mass is 9.99. The zero-order valence-corrected chi connectivity index (χ0v) is 11.9. The van der Waals surface area contributed by atoms with Gasteiger partial charge >= 0.3 is 0 Å². The third-order valence-corrected chi connectivity index (χ3v) is 3.65. The molecule has 0 aromatic heterocycles. The lowest BCUT2D eigenvalue weighted by Gasteiger charge is -2.25. The van der Waals surface area contributed by atoms with Crippen LogP contribution in [0.5, 0.6) is 0 Å². The second-order valence-electron chi connectivity index (χ2n) is 5.44. The van der Waals surface area contributed by atoms with E-state index in [-0.39, 0.29) is 17.6 Å². The molecule has 0 aromatic rings. The molecule has 4 nitrogen and oxygen atoms in total. The lowest BCUT2D eigenvalue weighted by molar-refractivity contribution is -0.133. The number of likely N-dealkylation sites (N-methyl/N-ethyl adjacent to an activating group) is 1. The maximum atomic E-state index is 12.4. The molecule has 0 saturated carbocycles. The minimum atomic E-state index is -0.355. The van der Waals surface area contributed by atoms with Crippen molar-refractivity contribution in [3.8, 4) is 0 Å². The minimum absolute atomic E-state index is 0.220. The van der Waals surface area contributed by atoms with E-state index >= 15 is 0 Å². The van der Waals surface area contributed by atoms with E-state index < -0.39 is 0 Å². The quantitative estimate of drug-likeness (QED) is 0.761. The maximum absolute atomic E-state index is 12.4. The molecule has 0 aromatic carbocycles. The number of carbonyl (C=O) groups is 1. The first-order chi connectivity index (χ1) is 7.94. The van der Waals surface area contributed by atoms with E-state index in [2.05, 4.69) is 24.1 Å². The van der Waals surface area contributed by atoms with Crippen molar-refractivity contribution in [3.05, 3.63) is 0 Å². The largest absolute Gasteiger partial charge is 0.324 e. The van der Waals surface area contributed by atoms with Gasteiger partial charge in [0.2, 0.25) is 5.91 Å². The summed E-state index contributed by atoms with van der Waals surface area (Å²) in [5.41, 5.74) is -0.355. The highest BCUT2D eigenvalue weighted by atomic mass is 16.2. The molecule has 0 bridgehead atoms. The zero-order valence-electron chi connectivity index (χ0n) is 11.9. The SMILES string of the molecule is CCCC1NC(C)(CC)C(=O)N1CCN(C)C. The molecule has 17 heavy (non-hydrogen) atoms. The fraction of sp³-hybridized carbons (Fsp3) is 0.923. The number of rotatable bonds is 6. The summed E-state index contributed by atoms with van der Waals surface area (Å²) in [5, 5.41) is 3.50. The predicted octanol–water partition coefficient (Wildman–Crippen LogP) is 1.27. The van der Waals surface area contributed by atoms with Crippen molar-refractivity contribution in [1.29, 1.82) is 0 Å². The first kappa shape index (κ1) is 14.5. The average Bonchev–Trinajstić information content (AvgIpc) is 2.50. The van der Waals surface area contributed by atoms with E-state index in [9.17, 15) is 4.79 Å². The van der Waals surface area contributed by atoms with Crippen molar-refractivity contribution in [3.63, 3.8) is 0 Å². The van der Waals surface area contributed by atoms with E-state index in [0.717, 1.165) is 32.4 Å². The summed E-state index contributed by atoms with van der Waals surface area (Å²) in [6.45, 7) is 8.00. The molecule has 1 rings (SSSR count). The topological polar surface area (TPSA) is 35.6 Å². The Bertz CT molecular complexity index is 267. The fourth-order valence-electron chi connectivity index (χ4n) is 2.29. The van der Waals surface area contributed by atoms with Crippen LogP contribution in [-0.4, -0.2) is 54.6 Å². The van der Waals surface area contributed by atoms with E-state index in [1.54, 1.807) is 0 Å². The van der Waals surface area contributed by atoms with Gasteiger partial charge in [-0.25, -0.2) is 0 Å². The van der Waals surface area contributed by atoms with Gasteiger partial charge in [-0.05, 0) is 33.9 Å². The van der Waals surface area contributed by atoms with Gasteiger partial charge in [0.05, 0.1) is 11.7 Å². The van der Waals surface area contributed by atoms with Gasteiger partial charge in [0.1, 0.15) is 0 Å². The normalized spacial score (nSPS) is 29.4. The van der Waals surface area contributed by atoms with Crippen molar-refractivity contribution in [2.45, 2.75) is 51.7 Å². The van der Waals surface area contributed by atoms with E-state index in [0.29, 0.717) is 0 Å². The molecule has 2 atom stereocenters. The molecule has 1 heterocycles. The van der Waals surface area contributed by atoms with Gasteiger partial charge in [-0.1, -0.05) is 20.3 Å². The highest BCUT2D eigenvalue weighted by Crippen LogP contribution is 2.25. The van der Waals surface area contributed by atoms with E-state index in [4.69, 9.17) is 0 Å². The van der Waals surface area contributed by atoms with Crippen LogP contribution in [0.25, 0.3) is 0 Å². The molecule has 1 aliphatic rings. The van der Waals surface area contributed by atoms with Crippen molar-refractivity contribution >= 4 is 5.91 Å². The van der Waals surface area contributed by atoms with Crippen LogP contribution < -0.4 is 5.32 Å². The Morgan fingerprint density at radius 3 is 2.53 bits per heavy atom. The monoisotopic (exact) mass is 241 g/mol. The fourth-order valence-corrected chi connectivity index (χ4v) is 2.29. The summed E-state index contributed by atoms with van der Waals surface area (Å²) in [4.78, 5) is 16.5. The summed E-state index contributed by atoms with van der Waals surface area (Å²) < 4.78 is 0. The Balaban J connectivity index is 2.72. The highest BCUT2D eigenvalue weighted by Gasteiger charge is 2.45. The predicted molar refractivity (Wildman–Crippen MR) is 70.8 cm³/mol. The Morgan fingerprint density at radius 1 is 1.41 bits per heavy atom. The van der Waals surface area contributed by atoms with Crippen molar-refractivity contribution < 1.29 is 4.79 Å². The van der Waals surface area contributed by atoms with Crippen molar-refractivity contribution in [2.24, 2.45) is 0 Å². The summed E-state index contributed by atoms with van der Waals surface area (Å²) in [5.74, 6) is 0.264. The summed E-state index contributed by atoms with van der Waals surface area (Å²) in [6, 6.07) is 0. The molecule has 0 radical (unpaired) electrons. The Morgan fingerprint density at radius 2 is 2.06 bits per heavy atom. The molecular weight excluding hydrogens is 214 g/mol. The van der Waals surface area contributed by atoms with Crippen LogP contribution >= 0.6 is 0 Å². The molecule has 4 heteroatoms. The first-order valence-electron chi connectivity index (χ1n) is 6.68. The molecule has 1 N–H and O–H groups in total. The molecule has 1 fully saturated rings. The second kappa shape index (κ2) is 5.83. The van der Waals surface area contributed by atoms with Gasteiger partial charge in [-0.3, -0.25) is 10.1 Å². The lowest BCUT2D eigenvalue weighted by Crippen LogP contribution is -2.43. The van der Waals surface area contributed by atoms with Gasteiger partial charge in [-0.2, -0.15) is 0 Å². The van der Waals surface area contributed by atoms with Crippen LogP contribution in [0, 0.1) is 0 Å². The van der Waals surface area contributed by atoms with Gasteiger partial charge in [0.15, 0.2) is 0 Å². The summed E-state index contributed by atoms with van der Waals surface area (Å²) in [7, 11) is 4.09. The standard InChI is InChI=1S/C13H27N3O/c1-6-8-11-14-13(3,7-2)12(17)16(11)10-9-15(4)5/h11,14H,6-10H2,1-5H3. The number of hydrogen-bond acceptors (Lipinski definition) is 3. The Labute approximate surface area is 105 Å². The molecular formula is C13H27N3O. The number of amides is 1. The van der Waals surface area contributed by atoms with Crippen LogP contribution in [0.2, 0.25) is 0 Å². The van der Waals surface area contributed by atoms with Gasteiger partial charge < -0.3 is 9.80 Å². The Kier molecular flexibility index (Phi) is 4.95. The average molecular weight is 241 g/mol. The van der Waals surface area contributed by atoms with Crippen molar-refractivity contribution in [1.82, 2.24) is 15.1 Å². The maximum Gasteiger partial charge on any atom is 0.243 e. The molecule has 0 aliphatic carbocycles.